The lowest BCUT2D eigenvalue weighted by Gasteiger charge is -2.14. The molecule has 0 fully saturated rings. The third kappa shape index (κ3) is 3.61. The summed E-state index contributed by atoms with van der Waals surface area (Å²) in [5.41, 5.74) is 1.01. The maximum Gasteiger partial charge on any atom is 0.204 e. The molecule has 0 saturated heterocycles. The second-order valence-corrected chi connectivity index (χ2v) is 4.55. The number of aromatic nitrogens is 4. The van der Waals surface area contributed by atoms with E-state index in [2.05, 4.69) is 34.6 Å². The smallest absolute Gasteiger partial charge is 0.204 e. The van der Waals surface area contributed by atoms with Crippen LogP contribution in [-0.4, -0.2) is 33.3 Å². The Hall–Kier alpha value is -1.75. The normalized spacial score (nSPS) is 12.5. The molecular weight excluding hydrogens is 238 g/mol. The molecule has 5 heteroatoms. The number of hydrogen-bond donors (Lipinski definition) is 1. The van der Waals surface area contributed by atoms with Gasteiger partial charge in [-0.25, -0.2) is 0 Å². The molecule has 0 aliphatic heterocycles. The van der Waals surface area contributed by atoms with Gasteiger partial charge in [-0.1, -0.05) is 50.6 Å². The number of tetrazole rings is 1. The molecule has 102 valence electrons. The lowest BCUT2D eigenvalue weighted by molar-refractivity contribution is 0.355. The Kier molecular flexibility index (Phi) is 5.03. The topological polar surface area (TPSA) is 55.6 Å². The van der Waals surface area contributed by atoms with Crippen LogP contribution < -0.4 is 5.32 Å². The van der Waals surface area contributed by atoms with Crippen LogP contribution in [0.5, 0.6) is 0 Å². The average Bonchev–Trinajstić information content (AvgIpc) is 2.94. The zero-order valence-electron chi connectivity index (χ0n) is 11.6. The highest BCUT2D eigenvalue weighted by Crippen LogP contribution is 2.15. The molecule has 0 saturated carbocycles. The fourth-order valence-corrected chi connectivity index (χ4v) is 2.03. The van der Waals surface area contributed by atoms with Gasteiger partial charge in [-0.15, -0.1) is 10.2 Å². The molecule has 5 nitrogen and oxygen atoms in total. The van der Waals surface area contributed by atoms with Gasteiger partial charge in [-0.2, -0.15) is 4.80 Å². The first kappa shape index (κ1) is 13.7. The van der Waals surface area contributed by atoms with Crippen molar-refractivity contribution >= 4 is 0 Å². The molecule has 0 aliphatic rings. The van der Waals surface area contributed by atoms with Crippen LogP contribution in [0.25, 0.3) is 11.4 Å². The predicted molar refractivity (Wildman–Crippen MR) is 75.7 cm³/mol. The largest absolute Gasteiger partial charge is 0.315 e. The van der Waals surface area contributed by atoms with Crippen molar-refractivity contribution in [3.05, 3.63) is 30.3 Å². The minimum atomic E-state index is 0.273. The molecule has 1 N–H and O–H groups in total. The minimum Gasteiger partial charge on any atom is -0.315 e. The molecule has 2 aromatic rings. The van der Waals surface area contributed by atoms with Crippen molar-refractivity contribution in [1.82, 2.24) is 25.5 Å². The second-order valence-electron chi connectivity index (χ2n) is 4.55. The van der Waals surface area contributed by atoms with Crippen LogP contribution in [0.15, 0.2) is 30.3 Å². The van der Waals surface area contributed by atoms with Gasteiger partial charge in [-0.05, 0) is 18.2 Å². The summed E-state index contributed by atoms with van der Waals surface area (Å²) in [4.78, 5) is 1.74. The van der Waals surface area contributed by atoms with E-state index < -0.39 is 0 Å². The Morgan fingerprint density at radius 1 is 1.21 bits per heavy atom. The first-order valence-electron chi connectivity index (χ1n) is 6.90. The highest BCUT2D eigenvalue weighted by molar-refractivity contribution is 5.52. The molecule has 19 heavy (non-hydrogen) atoms. The summed E-state index contributed by atoms with van der Waals surface area (Å²) in [6.45, 7) is 6.12. The maximum absolute atomic E-state index is 4.51. The standard InChI is InChI=1S/C14H21N5/c1-3-8-13(11-15-4-2)19-17-14(16-18-19)12-9-6-5-7-10-12/h5-7,9-10,13,15H,3-4,8,11H2,1-2H3. The van der Waals surface area contributed by atoms with E-state index in [0.717, 1.165) is 31.5 Å². The van der Waals surface area contributed by atoms with E-state index in [0.29, 0.717) is 5.82 Å². The van der Waals surface area contributed by atoms with Crippen molar-refractivity contribution in [2.24, 2.45) is 0 Å². The molecule has 1 aromatic heterocycles. The summed E-state index contributed by atoms with van der Waals surface area (Å²) in [7, 11) is 0. The summed E-state index contributed by atoms with van der Waals surface area (Å²) in [6, 6.07) is 10.2. The molecular formula is C14H21N5. The van der Waals surface area contributed by atoms with E-state index in [1.807, 2.05) is 30.3 Å². The lowest BCUT2D eigenvalue weighted by Crippen LogP contribution is -2.26. The monoisotopic (exact) mass is 259 g/mol. The summed E-state index contributed by atoms with van der Waals surface area (Å²) in [6.07, 6.45) is 2.16. The van der Waals surface area contributed by atoms with Crippen molar-refractivity contribution in [3.8, 4) is 11.4 Å². The zero-order valence-corrected chi connectivity index (χ0v) is 11.6. The van der Waals surface area contributed by atoms with Crippen LogP contribution in [0.4, 0.5) is 0 Å². The van der Waals surface area contributed by atoms with Crippen LogP contribution in [0.1, 0.15) is 32.7 Å². The molecule has 0 spiro atoms. The Morgan fingerprint density at radius 2 is 2.00 bits per heavy atom. The van der Waals surface area contributed by atoms with E-state index in [-0.39, 0.29) is 6.04 Å². The zero-order chi connectivity index (χ0) is 13.5. The van der Waals surface area contributed by atoms with Gasteiger partial charge in [0.15, 0.2) is 0 Å². The Balaban J connectivity index is 2.14. The van der Waals surface area contributed by atoms with E-state index in [1.165, 1.54) is 0 Å². The summed E-state index contributed by atoms with van der Waals surface area (Å²) in [5.74, 6) is 0.693. The number of benzene rings is 1. The van der Waals surface area contributed by atoms with Gasteiger partial charge in [-0.3, -0.25) is 0 Å². The first-order valence-corrected chi connectivity index (χ1v) is 6.90. The van der Waals surface area contributed by atoms with E-state index in [1.54, 1.807) is 4.80 Å². The Bertz CT molecular complexity index is 480. The number of nitrogens with zero attached hydrogens (tertiary/aromatic N) is 4. The molecule has 1 atom stereocenters. The number of nitrogens with one attached hydrogen (secondary N) is 1. The van der Waals surface area contributed by atoms with Gasteiger partial charge in [0.05, 0.1) is 6.04 Å². The summed E-state index contributed by atoms with van der Waals surface area (Å²) in [5, 5.41) is 16.2. The Labute approximate surface area is 114 Å². The van der Waals surface area contributed by atoms with Crippen molar-refractivity contribution in [1.29, 1.82) is 0 Å². The van der Waals surface area contributed by atoms with Gasteiger partial charge in [0.2, 0.25) is 5.82 Å². The minimum absolute atomic E-state index is 0.273. The quantitative estimate of drug-likeness (QED) is 0.829. The van der Waals surface area contributed by atoms with Crippen molar-refractivity contribution in [2.45, 2.75) is 32.7 Å². The fraction of sp³-hybridized carbons (Fsp3) is 0.500. The molecule has 1 aromatic carbocycles. The summed E-state index contributed by atoms with van der Waals surface area (Å²) < 4.78 is 0. The van der Waals surface area contributed by atoms with Gasteiger partial charge < -0.3 is 5.32 Å². The SMILES string of the molecule is CCCC(CNCC)n1nnc(-c2ccccc2)n1. The van der Waals surface area contributed by atoms with E-state index >= 15 is 0 Å². The van der Waals surface area contributed by atoms with Gasteiger partial charge in [0.1, 0.15) is 0 Å². The number of hydrogen-bond acceptors (Lipinski definition) is 4. The first-order chi connectivity index (χ1) is 9.35. The third-order valence-electron chi connectivity index (χ3n) is 3.04. The highest BCUT2D eigenvalue weighted by atomic mass is 15.6. The second kappa shape index (κ2) is 6.99. The molecule has 0 bridgehead atoms. The summed E-state index contributed by atoms with van der Waals surface area (Å²) >= 11 is 0. The molecule has 2 rings (SSSR count). The van der Waals surface area contributed by atoms with E-state index in [4.69, 9.17) is 0 Å². The Morgan fingerprint density at radius 3 is 2.68 bits per heavy atom. The lowest BCUT2D eigenvalue weighted by atomic mass is 10.2. The number of rotatable bonds is 7. The van der Waals surface area contributed by atoms with Crippen LogP contribution in [0.2, 0.25) is 0 Å². The van der Waals surface area contributed by atoms with E-state index in [9.17, 15) is 0 Å². The van der Waals surface area contributed by atoms with Crippen LogP contribution in [-0.2, 0) is 0 Å². The third-order valence-corrected chi connectivity index (χ3v) is 3.04. The molecule has 0 radical (unpaired) electrons. The van der Waals surface area contributed by atoms with Gasteiger partial charge >= 0.3 is 0 Å². The molecule has 1 heterocycles. The molecule has 0 amide bonds. The number of likely N-dealkylation sites (N-methyl/N-ethyl adjacent to an activating group) is 1. The average molecular weight is 259 g/mol. The highest BCUT2D eigenvalue weighted by Gasteiger charge is 2.14. The van der Waals surface area contributed by atoms with Crippen LogP contribution in [0.3, 0.4) is 0 Å². The van der Waals surface area contributed by atoms with Crippen LogP contribution >= 0.6 is 0 Å². The molecule has 0 aliphatic carbocycles. The van der Waals surface area contributed by atoms with Crippen molar-refractivity contribution < 1.29 is 0 Å². The predicted octanol–water partition coefficient (Wildman–Crippen LogP) is 2.29. The fourth-order valence-electron chi connectivity index (χ4n) is 2.03. The van der Waals surface area contributed by atoms with Gasteiger partial charge in [0.25, 0.3) is 0 Å². The maximum atomic E-state index is 4.51. The van der Waals surface area contributed by atoms with Crippen LogP contribution in [0, 0.1) is 0 Å². The van der Waals surface area contributed by atoms with Gasteiger partial charge in [0, 0.05) is 12.1 Å². The van der Waals surface area contributed by atoms with Crippen molar-refractivity contribution in [3.63, 3.8) is 0 Å². The van der Waals surface area contributed by atoms with Crippen molar-refractivity contribution in [2.75, 3.05) is 13.1 Å². The molecule has 1 unspecified atom stereocenters.